The summed E-state index contributed by atoms with van der Waals surface area (Å²) in [4.78, 5) is -0.392. The van der Waals surface area contributed by atoms with Crippen LogP contribution < -0.4 is 5.32 Å². The average Bonchev–Trinajstić information content (AvgIpc) is 2.47. The molecule has 0 unspecified atom stereocenters. The SMILES string of the molecule is [O-][N+]([O-])=C1C=CC(=C2NC=Cc3ccccc32)C=C1. The van der Waals surface area contributed by atoms with E-state index in [0.29, 0.717) is 0 Å². The molecular weight excluding hydrogens is 240 g/mol. The summed E-state index contributed by atoms with van der Waals surface area (Å²) in [5.74, 6) is 0. The largest absolute Gasteiger partial charge is 0.612 e. The molecule has 0 bridgehead atoms. The molecule has 0 spiro atoms. The molecule has 1 N–H and O–H groups in total. The second-order valence-electron chi connectivity index (χ2n) is 4.24. The third-order valence-electron chi connectivity index (χ3n) is 3.09. The first-order valence-corrected chi connectivity index (χ1v) is 5.90. The summed E-state index contributed by atoms with van der Waals surface area (Å²) in [5, 5.41) is 24.5. The Balaban J connectivity index is 2.07. The smallest absolute Gasteiger partial charge is 0.222 e. The zero-order chi connectivity index (χ0) is 13.2. The van der Waals surface area contributed by atoms with Crippen LogP contribution in [-0.4, -0.2) is 10.6 Å². The van der Waals surface area contributed by atoms with Gasteiger partial charge in [0, 0.05) is 23.9 Å². The second kappa shape index (κ2) is 4.49. The number of fused-ring (bicyclic) bond motifs is 1. The van der Waals surface area contributed by atoms with Gasteiger partial charge in [0.1, 0.15) is 0 Å². The van der Waals surface area contributed by atoms with Crippen molar-refractivity contribution in [3.8, 4) is 0 Å². The highest BCUT2D eigenvalue weighted by molar-refractivity contribution is 6.03. The van der Waals surface area contributed by atoms with E-state index >= 15 is 0 Å². The number of rotatable bonds is 0. The summed E-state index contributed by atoms with van der Waals surface area (Å²) in [6.45, 7) is 0. The maximum atomic E-state index is 10.7. The molecule has 0 saturated heterocycles. The van der Waals surface area contributed by atoms with Crippen molar-refractivity contribution in [3.63, 3.8) is 0 Å². The number of benzene rings is 1. The summed E-state index contributed by atoms with van der Waals surface area (Å²) in [6, 6.07) is 8.04. The first-order chi connectivity index (χ1) is 9.25. The standard InChI is InChI=1S/C15H11N2O2/c18-17(19)13-7-5-12(6-8-13)15-14-4-2-1-3-11(14)9-10-16-15/h1-10,16H/q-1. The lowest BCUT2D eigenvalue weighted by Gasteiger charge is -2.18. The first kappa shape index (κ1) is 11.3. The zero-order valence-electron chi connectivity index (χ0n) is 10.0. The Bertz CT molecular complexity index is 657. The molecule has 1 aromatic rings. The third-order valence-corrected chi connectivity index (χ3v) is 3.09. The predicted octanol–water partition coefficient (Wildman–Crippen LogP) is 2.55. The van der Waals surface area contributed by atoms with Gasteiger partial charge in [0.05, 0.1) is 5.70 Å². The molecule has 94 valence electrons. The van der Waals surface area contributed by atoms with Gasteiger partial charge in [0.15, 0.2) is 0 Å². The van der Waals surface area contributed by atoms with Crippen LogP contribution in [-0.2, 0) is 0 Å². The van der Waals surface area contributed by atoms with Crippen LogP contribution in [0.15, 0.2) is 60.3 Å². The van der Waals surface area contributed by atoms with E-state index in [2.05, 4.69) is 5.32 Å². The molecule has 0 fully saturated rings. The highest BCUT2D eigenvalue weighted by atomic mass is 16.8. The van der Waals surface area contributed by atoms with Crippen molar-refractivity contribution in [2.45, 2.75) is 0 Å². The summed E-state index contributed by atoms with van der Waals surface area (Å²) in [5.41, 5.74) is 4.23. The Kier molecular flexibility index (Phi) is 2.68. The van der Waals surface area contributed by atoms with E-state index < -0.39 is 4.90 Å². The van der Waals surface area contributed by atoms with E-state index in [1.54, 1.807) is 12.2 Å². The van der Waals surface area contributed by atoms with Crippen molar-refractivity contribution in [1.82, 2.24) is 5.32 Å². The van der Waals surface area contributed by atoms with E-state index in [1.165, 1.54) is 12.2 Å². The van der Waals surface area contributed by atoms with Gasteiger partial charge in [-0.2, -0.15) is 4.90 Å². The minimum Gasteiger partial charge on any atom is -0.612 e. The number of hydrogen-bond acceptors (Lipinski definition) is 3. The quantitative estimate of drug-likeness (QED) is 0.569. The predicted molar refractivity (Wildman–Crippen MR) is 75.8 cm³/mol. The monoisotopic (exact) mass is 251 g/mol. The fourth-order valence-corrected chi connectivity index (χ4v) is 2.15. The molecule has 19 heavy (non-hydrogen) atoms. The Morgan fingerprint density at radius 2 is 1.63 bits per heavy atom. The third kappa shape index (κ3) is 2.04. The molecule has 0 atom stereocenters. The van der Waals surface area contributed by atoms with Crippen LogP contribution >= 0.6 is 0 Å². The lowest BCUT2D eigenvalue weighted by atomic mass is 9.96. The minimum atomic E-state index is -0.392. The molecule has 1 aliphatic heterocycles. The lowest BCUT2D eigenvalue weighted by molar-refractivity contribution is -0.377. The van der Waals surface area contributed by atoms with Gasteiger partial charge in [-0.05, 0) is 29.4 Å². The molecule has 0 radical (unpaired) electrons. The maximum Gasteiger partial charge on any atom is 0.222 e. The maximum absolute atomic E-state index is 10.7. The van der Waals surface area contributed by atoms with Gasteiger partial charge in [-0.15, -0.1) is 0 Å². The van der Waals surface area contributed by atoms with Crippen molar-refractivity contribution in [2.24, 2.45) is 0 Å². The molecule has 2 aliphatic rings. The number of nitrogens with one attached hydrogen (secondary N) is 1. The van der Waals surface area contributed by atoms with Gasteiger partial charge in [-0.3, -0.25) is 0 Å². The number of nitrogens with zero attached hydrogens (tertiary/aromatic N) is 1. The Morgan fingerprint density at radius 3 is 2.37 bits per heavy atom. The van der Waals surface area contributed by atoms with Gasteiger partial charge in [0.25, 0.3) is 0 Å². The number of hydrogen-bond donors (Lipinski definition) is 1. The van der Waals surface area contributed by atoms with Crippen LogP contribution in [0.5, 0.6) is 0 Å². The van der Waals surface area contributed by atoms with Gasteiger partial charge in [-0.1, -0.05) is 24.3 Å². The highest BCUT2D eigenvalue weighted by Gasteiger charge is 2.13. The van der Waals surface area contributed by atoms with Crippen LogP contribution in [0.2, 0.25) is 0 Å². The van der Waals surface area contributed by atoms with Gasteiger partial charge >= 0.3 is 0 Å². The highest BCUT2D eigenvalue weighted by Crippen LogP contribution is 2.26. The topological polar surface area (TPSA) is 61.2 Å². The molecule has 0 amide bonds. The van der Waals surface area contributed by atoms with Crippen LogP contribution in [0.25, 0.3) is 11.8 Å². The van der Waals surface area contributed by atoms with Crippen molar-refractivity contribution < 1.29 is 4.90 Å². The van der Waals surface area contributed by atoms with Crippen molar-refractivity contribution in [2.75, 3.05) is 0 Å². The van der Waals surface area contributed by atoms with E-state index in [4.69, 9.17) is 0 Å². The molecule has 4 heteroatoms. The molecule has 0 aromatic heterocycles. The zero-order valence-corrected chi connectivity index (χ0v) is 10.0. The second-order valence-corrected chi connectivity index (χ2v) is 4.24. The fraction of sp³-hybridized carbons (Fsp3) is 0. The van der Waals surface area contributed by atoms with Gasteiger partial charge in [0.2, 0.25) is 5.71 Å². The molecule has 0 saturated carbocycles. The normalized spacial score (nSPS) is 16.3. The summed E-state index contributed by atoms with van der Waals surface area (Å²) in [7, 11) is 0. The lowest BCUT2D eigenvalue weighted by Crippen LogP contribution is -2.13. The van der Waals surface area contributed by atoms with Crippen molar-refractivity contribution in [3.05, 3.63) is 81.9 Å². The molecular formula is C15H11N2O2-. The fourth-order valence-electron chi connectivity index (χ4n) is 2.15. The van der Waals surface area contributed by atoms with Crippen LogP contribution in [0, 0.1) is 10.4 Å². The Morgan fingerprint density at radius 1 is 0.895 bits per heavy atom. The van der Waals surface area contributed by atoms with Crippen LogP contribution in [0.4, 0.5) is 0 Å². The molecule has 1 aliphatic carbocycles. The van der Waals surface area contributed by atoms with E-state index in [-0.39, 0.29) is 5.71 Å². The summed E-state index contributed by atoms with van der Waals surface area (Å²) >= 11 is 0. The van der Waals surface area contributed by atoms with E-state index in [0.717, 1.165) is 22.4 Å². The van der Waals surface area contributed by atoms with E-state index in [9.17, 15) is 10.4 Å². The first-order valence-electron chi connectivity index (χ1n) is 5.90. The average molecular weight is 251 g/mol. The van der Waals surface area contributed by atoms with Crippen molar-refractivity contribution in [1.29, 1.82) is 0 Å². The van der Waals surface area contributed by atoms with Crippen molar-refractivity contribution >= 4 is 17.5 Å². The molecule has 1 heterocycles. The van der Waals surface area contributed by atoms with Gasteiger partial charge in [-0.25, -0.2) is 0 Å². The van der Waals surface area contributed by atoms with Crippen LogP contribution in [0.3, 0.4) is 0 Å². The Hall–Kier alpha value is -2.75. The summed E-state index contributed by atoms with van der Waals surface area (Å²) < 4.78 is 0. The number of allylic oxidation sites excluding steroid dienone is 5. The molecule has 4 nitrogen and oxygen atoms in total. The van der Waals surface area contributed by atoms with Crippen LogP contribution in [0.1, 0.15) is 11.1 Å². The molecule has 1 aromatic carbocycles. The van der Waals surface area contributed by atoms with E-state index in [1.807, 2.05) is 36.5 Å². The minimum absolute atomic E-state index is 0.101. The molecule has 3 rings (SSSR count). The Labute approximate surface area is 110 Å². The van der Waals surface area contributed by atoms with Gasteiger partial charge < -0.3 is 15.7 Å². The summed E-state index contributed by atoms with van der Waals surface area (Å²) in [6.07, 6.45) is 10.4.